The number of hydrogen-bond donors (Lipinski definition) is 0. The predicted octanol–water partition coefficient (Wildman–Crippen LogP) is 6.02. The van der Waals surface area contributed by atoms with Crippen molar-refractivity contribution in [1.82, 2.24) is 0 Å². The van der Waals surface area contributed by atoms with Crippen molar-refractivity contribution < 1.29 is 18.7 Å². The zero-order valence-electron chi connectivity index (χ0n) is 18.6. The SMILES string of the molecule is COc1ccc(C(=O)N2c3ccccc3C(N(C(C)=O)c3ccc(Cl)cc3F)CC2C)cc1. The lowest BCUT2D eigenvalue weighted by molar-refractivity contribution is -0.117. The summed E-state index contributed by atoms with van der Waals surface area (Å²) in [5, 5.41) is 0.258. The first-order valence-corrected chi connectivity index (χ1v) is 11.0. The molecule has 33 heavy (non-hydrogen) atoms. The van der Waals surface area contributed by atoms with Crippen LogP contribution in [0.15, 0.2) is 66.7 Å². The second-order valence-corrected chi connectivity index (χ2v) is 8.48. The maximum absolute atomic E-state index is 14.8. The van der Waals surface area contributed by atoms with Crippen LogP contribution in [0.25, 0.3) is 0 Å². The fraction of sp³-hybridized carbons (Fsp3) is 0.231. The number of carbonyl (C=O) groups is 2. The van der Waals surface area contributed by atoms with Crippen LogP contribution in [-0.2, 0) is 4.79 Å². The van der Waals surface area contributed by atoms with E-state index in [-0.39, 0.29) is 28.6 Å². The summed E-state index contributed by atoms with van der Waals surface area (Å²) < 4.78 is 20.0. The lowest BCUT2D eigenvalue weighted by Crippen LogP contribution is -2.47. The number of methoxy groups -OCH3 is 1. The van der Waals surface area contributed by atoms with E-state index in [1.54, 1.807) is 42.3 Å². The molecule has 170 valence electrons. The van der Waals surface area contributed by atoms with E-state index in [0.29, 0.717) is 23.4 Å². The van der Waals surface area contributed by atoms with Gasteiger partial charge in [0.1, 0.15) is 11.6 Å². The van der Waals surface area contributed by atoms with Crippen LogP contribution < -0.4 is 14.5 Å². The van der Waals surface area contributed by atoms with Crippen molar-refractivity contribution in [3.8, 4) is 5.75 Å². The second kappa shape index (κ2) is 9.24. The Kier molecular flexibility index (Phi) is 6.38. The number of carbonyl (C=O) groups excluding carboxylic acids is 2. The van der Waals surface area contributed by atoms with E-state index in [4.69, 9.17) is 16.3 Å². The van der Waals surface area contributed by atoms with Gasteiger partial charge in [-0.3, -0.25) is 9.59 Å². The lowest BCUT2D eigenvalue weighted by Gasteiger charge is -2.43. The third-order valence-corrected chi connectivity index (χ3v) is 6.17. The summed E-state index contributed by atoms with van der Waals surface area (Å²) in [4.78, 5) is 29.4. The number of nitrogens with zero attached hydrogens (tertiary/aromatic N) is 2. The molecule has 2 unspecified atom stereocenters. The lowest BCUT2D eigenvalue weighted by atomic mass is 9.89. The van der Waals surface area contributed by atoms with E-state index in [2.05, 4.69) is 0 Å². The first-order valence-electron chi connectivity index (χ1n) is 10.6. The maximum atomic E-state index is 14.8. The molecule has 0 saturated carbocycles. The summed E-state index contributed by atoms with van der Waals surface area (Å²) in [6.07, 6.45) is 0.445. The third-order valence-electron chi connectivity index (χ3n) is 5.94. The van der Waals surface area contributed by atoms with Crippen molar-refractivity contribution in [2.45, 2.75) is 32.4 Å². The second-order valence-electron chi connectivity index (χ2n) is 8.05. The standard InChI is InChI=1S/C26H24ClFN2O3/c1-16-14-25(30(17(2)31)24-13-10-19(27)15-22(24)28)21-6-4-5-7-23(21)29(16)26(32)18-8-11-20(33-3)12-9-18/h4-13,15-16,25H,14H2,1-3H3. The van der Waals surface area contributed by atoms with Crippen LogP contribution in [0, 0.1) is 5.82 Å². The quantitative estimate of drug-likeness (QED) is 0.472. The molecule has 0 radical (unpaired) electrons. The van der Waals surface area contributed by atoms with Gasteiger partial charge < -0.3 is 14.5 Å². The molecule has 3 aromatic rings. The highest BCUT2D eigenvalue weighted by atomic mass is 35.5. The zero-order valence-corrected chi connectivity index (χ0v) is 19.3. The molecule has 1 aliphatic heterocycles. The first-order chi connectivity index (χ1) is 15.8. The number of anilines is 2. The van der Waals surface area contributed by atoms with Gasteiger partial charge in [0.2, 0.25) is 5.91 Å². The van der Waals surface area contributed by atoms with Gasteiger partial charge in [-0.15, -0.1) is 0 Å². The molecular formula is C26H24ClFN2O3. The number of para-hydroxylation sites is 1. The fourth-order valence-corrected chi connectivity index (χ4v) is 4.60. The predicted molar refractivity (Wildman–Crippen MR) is 128 cm³/mol. The molecule has 1 heterocycles. The van der Waals surface area contributed by atoms with E-state index in [1.807, 2.05) is 31.2 Å². The summed E-state index contributed by atoms with van der Waals surface area (Å²) in [6, 6.07) is 18.0. The molecular weight excluding hydrogens is 443 g/mol. The molecule has 4 rings (SSSR count). The minimum Gasteiger partial charge on any atom is -0.497 e. The van der Waals surface area contributed by atoms with E-state index in [0.717, 1.165) is 5.56 Å². The average molecular weight is 467 g/mol. The molecule has 2 atom stereocenters. The molecule has 7 heteroatoms. The monoisotopic (exact) mass is 466 g/mol. The molecule has 0 bridgehead atoms. The molecule has 0 N–H and O–H groups in total. The summed E-state index contributed by atoms with van der Waals surface area (Å²) in [6.45, 7) is 3.34. The van der Waals surface area contributed by atoms with E-state index in [1.165, 1.54) is 24.0 Å². The zero-order chi connectivity index (χ0) is 23.7. The highest BCUT2D eigenvalue weighted by molar-refractivity contribution is 6.30. The van der Waals surface area contributed by atoms with Crippen LogP contribution in [0.5, 0.6) is 5.75 Å². The average Bonchev–Trinajstić information content (AvgIpc) is 2.80. The number of amides is 2. The van der Waals surface area contributed by atoms with E-state index in [9.17, 15) is 14.0 Å². The molecule has 5 nitrogen and oxygen atoms in total. The van der Waals surface area contributed by atoms with Crippen LogP contribution in [-0.4, -0.2) is 25.0 Å². The Morgan fingerprint density at radius 1 is 1.09 bits per heavy atom. The van der Waals surface area contributed by atoms with Gasteiger partial charge >= 0.3 is 0 Å². The van der Waals surface area contributed by atoms with E-state index >= 15 is 0 Å². The normalized spacial score (nSPS) is 17.3. The van der Waals surface area contributed by atoms with E-state index < -0.39 is 11.9 Å². The molecule has 0 saturated heterocycles. The maximum Gasteiger partial charge on any atom is 0.258 e. The molecule has 3 aromatic carbocycles. The first kappa shape index (κ1) is 22.8. The molecule has 0 fully saturated rings. The van der Waals surface area contributed by atoms with Crippen LogP contribution in [0.4, 0.5) is 15.8 Å². The smallest absolute Gasteiger partial charge is 0.258 e. The van der Waals surface area contributed by atoms with Gasteiger partial charge in [-0.05, 0) is 67.4 Å². The number of halogens is 2. The number of rotatable bonds is 4. The van der Waals surface area contributed by atoms with Crippen molar-refractivity contribution in [3.63, 3.8) is 0 Å². The topological polar surface area (TPSA) is 49.9 Å². The third kappa shape index (κ3) is 4.31. The molecule has 0 aromatic heterocycles. The Morgan fingerprint density at radius 2 is 1.79 bits per heavy atom. The van der Waals surface area contributed by atoms with Crippen molar-refractivity contribution in [1.29, 1.82) is 0 Å². The van der Waals surface area contributed by atoms with Crippen LogP contribution >= 0.6 is 11.6 Å². The summed E-state index contributed by atoms with van der Waals surface area (Å²) in [7, 11) is 1.57. The molecule has 1 aliphatic rings. The molecule has 0 spiro atoms. The summed E-state index contributed by atoms with van der Waals surface area (Å²) in [5.41, 5.74) is 2.17. The highest BCUT2D eigenvalue weighted by Gasteiger charge is 2.38. The largest absolute Gasteiger partial charge is 0.497 e. The Balaban J connectivity index is 1.77. The van der Waals surface area contributed by atoms with Gasteiger partial charge in [0, 0.05) is 29.2 Å². The number of fused-ring (bicyclic) bond motifs is 1. The Morgan fingerprint density at radius 3 is 2.42 bits per heavy atom. The van der Waals surface area contributed by atoms with Crippen molar-refractivity contribution in [3.05, 3.63) is 88.7 Å². The number of benzene rings is 3. The molecule has 0 aliphatic carbocycles. The van der Waals surface area contributed by atoms with Crippen molar-refractivity contribution in [2.75, 3.05) is 16.9 Å². The van der Waals surface area contributed by atoms with Gasteiger partial charge in [0.05, 0.1) is 18.8 Å². The highest BCUT2D eigenvalue weighted by Crippen LogP contribution is 2.43. The van der Waals surface area contributed by atoms with Crippen LogP contribution in [0.1, 0.15) is 42.2 Å². The van der Waals surface area contributed by atoms with Gasteiger partial charge in [-0.2, -0.15) is 0 Å². The van der Waals surface area contributed by atoms with Crippen LogP contribution in [0.3, 0.4) is 0 Å². The summed E-state index contributed by atoms with van der Waals surface area (Å²) in [5.74, 6) is -0.346. The minimum absolute atomic E-state index is 0.150. The number of ether oxygens (including phenoxy) is 1. The van der Waals surface area contributed by atoms with Crippen molar-refractivity contribution >= 4 is 34.8 Å². The van der Waals surface area contributed by atoms with Gasteiger partial charge in [0.15, 0.2) is 0 Å². The van der Waals surface area contributed by atoms with Gasteiger partial charge in [0.25, 0.3) is 5.91 Å². The number of hydrogen-bond acceptors (Lipinski definition) is 3. The van der Waals surface area contributed by atoms with Gasteiger partial charge in [-0.25, -0.2) is 4.39 Å². The van der Waals surface area contributed by atoms with Crippen LogP contribution in [0.2, 0.25) is 5.02 Å². The van der Waals surface area contributed by atoms with Crippen molar-refractivity contribution in [2.24, 2.45) is 0 Å². The Labute approximate surface area is 197 Å². The Hall–Kier alpha value is -3.38. The Bertz CT molecular complexity index is 1200. The minimum atomic E-state index is -0.570. The molecule has 2 amide bonds. The van der Waals surface area contributed by atoms with Gasteiger partial charge in [-0.1, -0.05) is 29.8 Å². The summed E-state index contributed by atoms with van der Waals surface area (Å²) >= 11 is 5.93. The fourth-order valence-electron chi connectivity index (χ4n) is 4.44.